The highest BCUT2D eigenvalue weighted by Crippen LogP contribution is 2.60. The van der Waals surface area contributed by atoms with Gasteiger partial charge in [0.2, 0.25) is 0 Å². The molecule has 0 saturated carbocycles. The van der Waals surface area contributed by atoms with E-state index >= 15 is 0 Å². The lowest BCUT2D eigenvalue weighted by Crippen LogP contribution is -2.34. The van der Waals surface area contributed by atoms with Crippen LogP contribution < -0.4 is 11.3 Å². The van der Waals surface area contributed by atoms with E-state index in [-0.39, 0.29) is 0 Å². The van der Waals surface area contributed by atoms with Gasteiger partial charge in [-0.2, -0.15) is 0 Å². The molecule has 2 heteroatoms. The standard InChI is InChI=1S/C66H52.C8H14N2.C7H8.2C2H6/c1-43-33-35-52(49-23-12-7-13-24-49)37-58(43)59-38-53(36-34-44(59)2)61-40-55(51-27-16-9-17-28-51)42-65(47(61)5)66(62-31-19-18-29-56(62)57-30-20-32-63(57)66)64-41-54(50-25-14-8-15-26-50)39-60(46(64)4)45(3)48-21-10-6-11-22-48;1-7(10-9)8-5-3-2-4-6-8;1-7-5-3-2-4-6-7;2*1-2/h6-29,31-42H,3,30H2,1-2,4-5H3;2-3,5,7,10H,4,6,9H2,1H3;2-6H,1H3;2*1-2H3. The fourth-order valence-electron chi connectivity index (χ4n) is 12.7. The monoisotopic (exact) mass is 1130 g/mol. The van der Waals surface area contributed by atoms with Gasteiger partial charge in [0.05, 0.1) is 5.41 Å². The maximum absolute atomic E-state index is 5.29. The summed E-state index contributed by atoms with van der Waals surface area (Å²) in [6, 6.07) is 87.0. The van der Waals surface area contributed by atoms with Gasteiger partial charge in [-0.1, -0.05) is 276 Å². The lowest BCUT2D eigenvalue weighted by molar-refractivity contribution is 0.615. The van der Waals surface area contributed by atoms with Crippen molar-refractivity contribution in [2.45, 2.75) is 100.0 Å². The molecule has 87 heavy (non-hydrogen) atoms. The van der Waals surface area contributed by atoms with Crippen LogP contribution in [-0.4, -0.2) is 6.04 Å². The Morgan fingerprint density at radius 1 is 0.460 bits per heavy atom. The van der Waals surface area contributed by atoms with Gasteiger partial charge < -0.3 is 0 Å². The number of hydrogen-bond donors (Lipinski definition) is 2. The second-order valence-corrected chi connectivity index (χ2v) is 22.4. The number of allylic oxidation sites excluding steroid dienone is 7. The first-order chi connectivity index (χ1) is 42.5. The van der Waals surface area contributed by atoms with Crippen molar-refractivity contribution in [3.8, 4) is 55.6 Å². The summed E-state index contributed by atoms with van der Waals surface area (Å²) in [7, 11) is 0. The Bertz CT molecular complexity index is 4090. The summed E-state index contributed by atoms with van der Waals surface area (Å²) >= 11 is 0. The van der Waals surface area contributed by atoms with Gasteiger partial charge in [0.25, 0.3) is 0 Å². The highest BCUT2D eigenvalue weighted by molar-refractivity contribution is 5.94. The van der Waals surface area contributed by atoms with Gasteiger partial charge in [-0.3, -0.25) is 11.3 Å². The van der Waals surface area contributed by atoms with Crippen molar-refractivity contribution in [2.24, 2.45) is 5.84 Å². The molecule has 2 nitrogen and oxygen atoms in total. The van der Waals surface area contributed by atoms with Gasteiger partial charge in [0, 0.05) is 6.04 Å². The summed E-state index contributed by atoms with van der Waals surface area (Å²) < 4.78 is 0. The Morgan fingerprint density at radius 3 is 1.48 bits per heavy atom. The van der Waals surface area contributed by atoms with Gasteiger partial charge in [0.15, 0.2) is 0 Å². The molecule has 0 saturated heterocycles. The van der Waals surface area contributed by atoms with Gasteiger partial charge in [-0.25, -0.2) is 0 Å². The Kier molecular flexibility index (Phi) is 21.0. The zero-order valence-corrected chi connectivity index (χ0v) is 52.9. The molecule has 0 bridgehead atoms. The van der Waals surface area contributed by atoms with E-state index in [4.69, 9.17) is 12.4 Å². The quantitative estimate of drug-likeness (QED) is 0.100. The molecule has 0 heterocycles. The number of fused-ring (bicyclic) bond motifs is 2. The van der Waals surface area contributed by atoms with Gasteiger partial charge >= 0.3 is 0 Å². The van der Waals surface area contributed by atoms with E-state index in [1.165, 1.54) is 128 Å². The first kappa shape index (κ1) is 62.4. The average Bonchev–Trinajstić information content (AvgIpc) is 1.60. The molecule has 10 aromatic rings. The number of rotatable bonds is 11. The average molecular weight is 1140 g/mol. The first-order valence-electron chi connectivity index (χ1n) is 31.3. The molecule has 3 aliphatic carbocycles. The van der Waals surface area contributed by atoms with E-state index in [0.29, 0.717) is 6.04 Å². The van der Waals surface area contributed by atoms with E-state index in [2.05, 4.69) is 296 Å². The van der Waals surface area contributed by atoms with Crippen molar-refractivity contribution < 1.29 is 0 Å². The van der Waals surface area contributed by atoms with Crippen LogP contribution in [0.15, 0.2) is 285 Å². The highest BCUT2D eigenvalue weighted by atomic mass is 15.2. The SMILES string of the molecule is C=C(c1ccccc1)c1cc(-c2ccccc2)cc(C2(c3cc(-c4ccccc4)cc(-c4ccc(C)c(-c5cc(-c6ccccc6)ccc5C)c4)c3C)C3=C(CC=C3)c3ccccc32)c1C.CC.CC.CC(NN)C1=CC=CCC1.Cc1ccccc1. The molecule has 436 valence electrons. The van der Waals surface area contributed by atoms with E-state index in [1.807, 2.05) is 45.9 Å². The lowest BCUT2D eigenvalue weighted by Gasteiger charge is -2.39. The largest absolute Gasteiger partial charge is 0.271 e. The topological polar surface area (TPSA) is 38.0 Å². The van der Waals surface area contributed by atoms with Crippen LogP contribution in [-0.2, 0) is 5.41 Å². The molecule has 0 aliphatic heterocycles. The van der Waals surface area contributed by atoms with Crippen LogP contribution in [0, 0.1) is 34.6 Å². The minimum Gasteiger partial charge on any atom is -0.271 e. The smallest absolute Gasteiger partial charge is 0.0716 e. The molecule has 0 radical (unpaired) electrons. The number of hydrogen-bond acceptors (Lipinski definition) is 2. The Balaban J connectivity index is 0.000000367. The van der Waals surface area contributed by atoms with Crippen molar-refractivity contribution in [1.82, 2.24) is 5.43 Å². The Hall–Kier alpha value is -9.18. The van der Waals surface area contributed by atoms with E-state index < -0.39 is 5.41 Å². The molecule has 2 atom stereocenters. The molecular weight excluding hydrogens is 1050 g/mol. The zero-order chi connectivity index (χ0) is 61.5. The first-order valence-corrected chi connectivity index (χ1v) is 31.3. The van der Waals surface area contributed by atoms with Gasteiger partial charge in [-0.05, 0) is 225 Å². The van der Waals surface area contributed by atoms with Crippen LogP contribution in [0.3, 0.4) is 0 Å². The predicted molar refractivity (Wildman–Crippen MR) is 378 cm³/mol. The van der Waals surface area contributed by atoms with Crippen LogP contribution in [0.4, 0.5) is 0 Å². The normalized spacial score (nSPS) is 14.5. The summed E-state index contributed by atoms with van der Waals surface area (Å²) in [5.41, 5.74) is 33.4. The fourth-order valence-corrected chi connectivity index (χ4v) is 12.7. The van der Waals surface area contributed by atoms with E-state index in [9.17, 15) is 0 Å². The molecule has 2 unspecified atom stereocenters. The number of nitrogens with two attached hydrogens (primary N) is 1. The summed E-state index contributed by atoms with van der Waals surface area (Å²) in [4.78, 5) is 0. The lowest BCUT2D eigenvalue weighted by atomic mass is 9.62. The third kappa shape index (κ3) is 13.3. The number of aryl methyl sites for hydroxylation is 3. The van der Waals surface area contributed by atoms with Crippen molar-refractivity contribution in [3.63, 3.8) is 0 Å². The molecule has 0 spiro atoms. The minimum absolute atomic E-state index is 0.324. The number of benzene rings is 10. The number of hydrazine groups is 1. The van der Waals surface area contributed by atoms with E-state index in [0.717, 1.165) is 30.4 Å². The van der Waals surface area contributed by atoms with Crippen LogP contribution >= 0.6 is 0 Å². The highest BCUT2D eigenvalue weighted by Gasteiger charge is 2.50. The van der Waals surface area contributed by atoms with Crippen molar-refractivity contribution >= 4 is 11.1 Å². The molecule has 0 aromatic heterocycles. The molecule has 0 fully saturated rings. The van der Waals surface area contributed by atoms with Crippen LogP contribution in [0.2, 0.25) is 0 Å². The maximum atomic E-state index is 5.29. The van der Waals surface area contributed by atoms with Crippen molar-refractivity contribution in [2.75, 3.05) is 0 Å². The fraction of sp³-hybridized carbons (Fsp3) is 0.176. The maximum Gasteiger partial charge on any atom is 0.0716 e. The summed E-state index contributed by atoms with van der Waals surface area (Å²) in [6.07, 6.45) is 14.4. The van der Waals surface area contributed by atoms with Crippen LogP contribution in [0.25, 0.3) is 66.8 Å². The molecule has 0 amide bonds. The second kappa shape index (κ2) is 29.3. The van der Waals surface area contributed by atoms with E-state index in [1.54, 1.807) is 0 Å². The molecule has 3 N–H and O–H groups in total. The molecule has 13 rings (SSSR count). The van der Waals surface area contributed by atoms with Crippen molar-refractivity contribution in [1.29, 1.82) is 0 Å². The van der Waals surface area contributed by atoms with Crippen LogP contribution in [0.5, 0.6) is 0 Å². The third-order valence-electron chi connectivity index (χ3n) is 17.3. The predicted octanol–water partition coefficient (Wildman–Crippen LogP) is 22.5. The number of nitrogens with one attached hydrogen (secondary N) is 1. The molecule has 10 aromatic carbocycles. The minimum atomic E-state index is -0.642. The second-order valence-electron chi connectivity index (χ2n) is 22.4. The van der Waals surface area contributed by atoms with Crippen LogP contribution in [0.1, 0.15) is 115 Å². The third-order valence-corrected chi connectivity index (χ3v) is 17.3. The Morgan fingerprint density at radius 2 is 0.943 bits per heavy atom. The summed E-state index contributed by atoms with van der Waals surface area (Å²) in [5.74, 6) is 5.29. The molecular formula is C85H86N2. The van der Waals surface area contributed by atoms with Gasteiger partial charge in [-0.15, -0.1) is 0 Å². The Labute approximate surface area is 520 Å². The zero-order valence-electron chi connectivity index (χ0n) is 52.9. The van der Waals surface area contributed by atoms with Crippen molar-refractivity contribution in [3.05, 3.63) is 346 Å². The summed E-state index contributed by atoms with van der Waals surface area (Å²) in [5, 5.41) is 0. The summed E-state index contributed by atoms with van der Waals surface area (Å²) in [6.45, 7) is 26.2. The molecule has 3 aliphatic rings. The van der Waals surface area contributed by atoms with Gasteiger partial charge in [0.1, 0.15) is 0 Å².